The molecule has 3 heterocycles. The van der Waals surface area contributed by atoms with E-state index in [0.29, 0.717) is 0 Å². The third kappa shape index (κ3) is 2.92. The lowest BCUT2D eigenvalue weighted by molar-refractivity contribution is 0.562. The first kappa shape index (κ1) is 13.3. The molecule has 4 heteroatoms. The Balaban J connectivity index is 1.97. The van der Waals surface area contributed by atoms with Crippen LogP contribution in [0.5, 0.6) is 0 Å². The molecule has 4 nitrogen and oxygen atoms in total. The largest absolute Gasteiger partial charge is 0.263 e. The number of pyridine rings is 1. The van der Waals surface area contributed by atoms with Gasteiger partial charge >= 0.3 is 0 Å². The number of hydrogen-bond donors (Lipinski definition) is 0. The van der Waals surface area contributed by atoms with Crippen LogP contribution in [-0.2, 0) is 5.41 Å². The van der Waals surface area contributed by atoms with Crippen molar-refractivity contribution in [3.63, 3.8) is 0 Å². The molecule has 3 rings (SSSR count). The first-order valence-electron chi connectivity index (χ1n) is 6.80. The van der Waals surface area contributed by atoms with E-state index in [-0.39, 0.29) is 5.41 Å². The minimum absolute atomic E-state index is 0.00918. The van der Waals surface area contributed by atoms with Gasteiger partial charge in [-0.2, -0.15) is 5.10 Å². The first-order chi connectivity index (χ1) is 10.0. The van der Waals surface area contributed by atoms with Crippen LogP contribution in [0, 0.1) is 11.8 Å². The van der Waals surface area contributed by atoms with Crippen molar-refractivity contribution in [1.29, 1.82) is 0 Å². The van der Waals surface area contributed by atoms with Crippen molar-refractivity contribution >= 4 is 5.65 Å². The molecule has 0 saturated carbocycles. The van der Waals surface area contributed by atoms with Gasteiger partial charge in [0.05, 0.1) is 11.3 Å². The van der Waals surface area contributed by atoms with Gasteiger partial charge in [-0.3, -0.25) is 4.98 Å². The van der Waals surface area contributed by atoms with Gasteiger partial charge < -0.3 is 0 Å². The van der Waals surface area contributed by atoms with Crippen molar-refractivity contribution in [3.8, 4) is 11.8 Å². The second-order valence-electron chi connectivity index (χ2n) is 5.92. The second-order valence-corrected chi connectivity index (χ2v) is 5.92. The van der Waals surface area contributed by atoms with Gasteiger partial charge in [0, 0.05) is 41.8 Å². The minimum atomic E-state index is 0.00918. The van der Waals surface area contributed by atoms with Gasteiger partial charge in [-0.1, -0.05) is 32.6 Å². The quantitative estimate of drug-likeness (QED) is 0.593. The third-order valence-corrected chi connectivity index (χ3v) is 3.09. The molecule has 0 aliphatic heterocycles. The van der Waals surface area contributed by atoms with Gasteiger partial charge in [0.15, 0.2) is 5.65 Å². The zero-order valence-electron chi connectivity index (χ0n) is 12.3. The minimum Gasteiger partial charge on any atom is -0.263 e. The molecule has 0 N–H and O–H groups in total. The van der Waals surface area contributed by atoms with E-state index in [1.54, 1.807) is 23.1 Å². The summed E-state index contributed by atoms with van der Waals surface area (Å²) < 4.78 is 1.79. The van der Waals surface area contributed by atoms with Crippen molar-refractivity contribution in [2.45, 2.75) is 26.2 Å². The Morgan fingerprint density at radius 3 is 2.62 bits per heavy atom. The van der Waals surface area contributed by atoms with Crippen LogP contribution in [0.25, 0.3) is 5.65 Å². The summed E-state index contributed by atoms with van der Waals surface area (Å²) in [6.07, 6.45) is 7.15. The molecule has 3 aromatic rings. The van der Waals surface area contributed by atoms with E-state index >= 15 is 0 Å². The molecule has 0 aliphatic rings. The Morgan fingerprint density at radius 2 is 1.90 bits per heavy atom. The van der Waals surface area contributed by atoms with Crippen molar-refractivity contribution in [2.75, 3.05) is 0 Å². The zero-order valence-corrected chi connectivity index (χ0v) is 12.3. The smallest absolute Gasteiger partial charge is 0.155 e. The van der Waals surface area contributed by atoms with Gasteiger partial charge in [0.25, 0.3) is 0 Å². The molecule has 0 saturated heterocycles. The second kappa shape index (κ2) is 5.02. The summed E-state index contributed by atoms with van der Waals surface area (Å²) in [7, 11) is 0. The molecular formula is C17H16N4. The number of hydrogen-bond acceptors (Lipinski definition) is 3. The molecule has 0 spiro atoms. The fourth-order valence-corrected chi connectivity index (χ4v) is 1.89. The first-order valence-corrected chi connectivity index (χ1v) is 6.80. The van der Waals surface area contributed by atoms with Crippen LogP contribution in [0.2, 0.25) is 0 Å². The highest BCUT2D eigenvalue weighted by molar-refractivity contribution is 5.45. The maximum atomic E-state index is 4.57. The Morgan fingerprint density at radius 1 is 1.10 bits per heavy atom. The van der Waals surface area contributed by atoms with Gasteiger partial charge in [0.1, 0.15) is 0 Å². The standard InChI is InChI=1S/C17H16N4/c1-17(2,3)15-9-16-19-11-14(12-21(16)20-15)7-6-13-5-4-8-18-10-13/h4-5,8-12H,1-3H3. The highest BCUT2D eigenvalue weighted by Gasteiger charge is 2.17. The molecular weight excluding hydrogens is 260 g/mol. The SMILES string of the molecule is CC(C)(C)c1cc2ncc(C#Cc3cccnc3)cn2n1. The molecule has 0 atom stereocenters. The summed E-state index contributed by atoms with van der Waals surface area (Å²) in [5, 5.41) is 4.57. The van der Waals surface area contributed by atoms with E-state index in [1.807, 2.05) is 24.4 Å². The van der Waals surface area contributed by atoms with E-state index in [4.69, 9.17) is 0 Å². The number of fused-ring (bicyclic) bond motifs is 1. The van der Waals surface area contributed by atoms with Crippen LogP contribution >= 0.6 is 0 Å². The molecule has 0 bridgehead atoms. The summed E-state index contributed by atoms with van der Waals surface area (Å²) >= 11 is 0. The Bertz CT molecular complexity index is 830. The normalized spacial score (nSPS) is 11.2. The van der Waals surface area contributed by atoms with Gasteiger partial charge in [-0.25, -0.2) is 9.50 Å². The molecule has 0 fully saturated rings. The lowest BCUT2D eigenvalue weighted by atomic mass is 9.93. The van der Waals surface area contributed by atoms with E-state index in [2.05, 4.69) is 47.7 Å². The Kier molecular flexibility index (Phi) is 3.19. The van der Waals surface area contributed by atoms with Crippen molar-refractivity contribution < 1.29 is 0 Å². The summed E-state index contributed by atoms with van der Waals surface area (Å²) in [6, 6.07) is 5.81. The van der Waals surface area contributed by atoms with Crippen LogP contribution in [0.1, 0.15) is 37.6 Å². The molecule has 3 aromatic heterocycles. The van der Waals surface area contributed by atoms with Gasteiger partial charge in [-0.05, 0) is 12.1 Å². The van der Waals surface area contributed by atoms with E-state index in [9.17, 15) is 0 Å². The lowest BCUT2D eigenvalue weighted by Gasteiger charge is -2.13. The van der Waals surface area contributed by atoms with Gasteiger partial charge in [-0.15, -0.1) is 0 Å². The Hall–Kier alpha value is -2.67. The molecule has 0 radical (unpaired) electrons. The summed E-state index contributed by atoms with van der Waals surface area (Å²) in [4.78, 5) is 8.45. The lowest BCUT2D eigenvalue weighted by Crippen LogP contribution is -2.11. The monoisotopic (exact) mass is 276 g/mol. The highest BCUT2D eigenvalue weighted by Crippen LogP contribution is 2.21. The average molecular weight is 276 g/mol. The zero-order chi connectivity index (χ0) is 14.9. The van der Waals surface area contributed by atoms with Crippen molar-refractivity contribution in [3.05, 3.63) is 59.8 Å². The maximum Gasteiger partial charge on any atom is 0.155 e. The fraction of sp³-hybridized carbons (Fsp3) is 0.235. The molecule has 0 unspecified atom stereocenters. The molecule has 0 aromatic carbocycles. The topological polar surface area (TPSA) is 43.1 Å². The van der Waals surface area contributed by atoms with Crippen molar-refractivity contribution in [2.24, 2.45) is 0 Å². The maximum absolute atomic E-state index is 4.57. The van der Waals surface area contributed by atoms with Crippen LogP contribution in [0.3, 0.4) is 0 Å². The number of aromatic nitrogens is 4. The fourth-order valence-electron chi connectivity index (χ4n) is 1.89. The summed E-state index contributed by atoms with van der Waals surface area (Å²) in [6.45, 7) is 6.41. The predicted molar refractivity (Wildman–Crippen MR) is 81.9 cm³/mol. The predicted octanol–water partition coefficient (Wildman–Crippen LogP) is 2.82. The third-order valence-electron chi connectivity index (χ3n) is 3.09. The molecule has 104 valence electrons. The van der Waals surface area contributed by atoms with Crippen LogP contribution in [0.4, 0.5) is 0 Å². The van der Waals surface area contributed by atoms with Crippen LogP contribution in [-0.4, -0.2) is 19.6 Å². The van der Waals surface area contributed by atoms with Crippen molar-refractivity contribution in [1.82, 2.24) is 19.6 Å². The average Bonchev–Trinajstić information content (AvgIpc) is 2.89. The van der Waals surface area contributed by atoms with Crippen LogP contribution in [0.15, 0.2) is 43.0 Å². The molecule has 21 heavy (non-hydrogen) atoms. The van der Waals surface area contributed by atoms with E-state index < -0.39 is 0 Å². The molecule has 0 amide bonds. The number of rotatable bonds is 0. The van der Waals surface area contributed by atoms with Gasteiger partial charge in [0.2, 0.25) is 0 Å². The summed E-state index contributed by atoms with van der Waals surface area (Å²) in [5.41, 5.74) is 3.58. The Labute approximate surface area is 123 Å². The summed E-state index contributed by atoms with van der Waals surface area (Å²) in [5.74, 6) is 6.16. The van der Waals surface area contributed by atoms with E-state index in [1.165, 1.54) is 0 Å². The number of nitrogens with zero attached hydrogens (tertiary/aromatic N) is 4. The molecule has 0 aliphatic carbocycles. The highest BCUT2D eigenvalue weighted by atomic mass is 15.2. The van der Waals surface area contributed by atoms with Crippen LogP contribution < -0.4 is 0 Å². The van der Waals surface area contributed by atoms with E-state index in [0.717, 1.165) is 22.5 Å².